The van der Waals surface area contributed by atoms with E-state index in [1.54, 1.807) is 0 Å². The fourth-order valence-electron chi connectivity index (χ4n) is 1.36. The molecule has 1 aromatic carbocycles. The average Bonchev–Trinajstić information content (AvgIpc) is 3.00. The van der Waals surface area contributed by atoms with Crippen molar-refractivity contribution in [1.82, 2.24) is 0 Å². The van der Waals surface area contributed by atoms with E-state index < -0.39 is 9.84 Å². The second kappa shape index (κ2) is 3.62. The first-order valence-corrected chi connectivity index (χ1v) is 6.83. The summed E-state index contributed by atoms with van der Waals surface area (Å²) in [5, 5.41) is 8.44. The normalized spacial score (nSPS) is 16.0. The molecule has 0 N–H and O–H groups in total. The van der Waals surface area contributed by atoms with Crippen molar-refractivity contribution in [3.8, 4) is 6.07 Å². The van der Waals surface area contributed by atoms with Crippen molar-refractivity contribution in [1.29, 1.82) is 5.26 Å². The van der Waals surface area contributed by atoms with Crippen LogP contribution in [0, 0.1) is 11.3 Å². The predicted molar refractivity (Wildman–Crippen MR) is 59.1 cm³/mol. The third kappa shape index (κ3) is 1.92. The molecule has 0 atom stereocenters. The Kier molecular flexibility index (Phi) is 2.57. The van der Waals surface area contributed by atoms with E-state index in [0.717, 1.165) is 12.8 Å². The fourth-order valence-corrected chi connectivity index (χ4v) is 4.12. The molecular weight excluding hydrogens is 278 g/mol. The lowest BCUT2D eigenvalue weighted by atomic mass is 10.2. The first-order chi connectivity index (χ1) is 7.05. The highest BCUT2D eigenvalue weighted by Gasteiger charge is 2.37. The van der Waals surface area contributed by atoms with E-state index in [-0.39, 0.29) is 5.25 Å². The van der Waals surface area contributed by atoms with Crippen LogP contribution in [-0.4, -0.2) is 13.7 Å². The molecule has 1 fully saturated rings. The Morgan fingerprint density at radius 3 is 2.53 bits per heavy atom. The number of hydrogen-bond donors (Lipinski definition) is 0. The maximum Gasteiger partial charge on any atom is 0.182 e. The van der Waals surface area contributed by atoms with Crippen molar-refractivity contribution < 1.29 is 8.42 Å². The van der Waals surface area contributed by atoms with Gasteiger partial charge < -0.3 is 0 Å². The van der Waals surface area contributed by atoms with Gasteiger partial charge in [-0.25, -0.2) is 8.42 Å². The number of rotatable bonds is 2. The molecule has 0 saturated heterocycles. The number of nitriles is 1. The van der Waals surface area contributed by atoms with Gasteiger partial charge in [0.15, 0.2) is 9.84 Å². The summed E-state index contributed by atoms with van der Waals surface area (Å²) in [4.78, 5) is 0.295. The summed E-state index contributed by atoms with van der Waals surface area (Å²) in [6.45, 7) is 0. The Hall–Kier alpha value is -0.860. The largest absolute Gasteiger partial charge is 0.223 e. The highest BCUT2D eigenvalue weighted by Crippen LogP contribution is 2.36. The third-order valence-electron chi connectivity index (χ3n) is 2.33. The lowest BCUT2D eigenvalue weighted by Crippen LogP contribution is -2.07. The van der Waals surface area contributed by atoms with Gasteiger partial charge in [-0.2, -0.15) is 5.26 Å². The number of halogens is 1. The molecule has 2 rings (SSSR count). The van der Waals surface area contributed by atoms with Gasteiger partial charge in [0.1, 0.15) is 0 Å². The van der Waals surface area contributed by atoms with Crippen LogP contribution >= 0.6 is 15.9 Å². The van der Waals surface area contributed by atoms with Gasteiger partial charge in [-0.05, 0) is 47.0 Å². The summed E-state index contributed by atoms with van der Waals surface area (Å²) in [6, 6.07) is 6.53. The second-order valence-corrected chi connectivity index (χ2v) is 6.55. The Labute approximate surface area is 96.8 Å². The van der Waals surface area contributed by atoms with Gasteiger partial charge in [0.25, 0.3) is 0 Å². The van der Waals surface area contributed by atoms with Crippen LogP contribution < -0.4 is 0 Å². The molecule has 15 heavy (non-hydrogen) atoms. The quantitative estimate of drug-likeness (QED) is 0.837. The van der Waals surface area contributed by atoms with Gasteiger partial charge in [0.05, 0.1) is 21.8 Å². The van der Waals surface area contributed by atoms with Crippen molar-refractivity contribution in [3.63, 3.8) is 0 Å². The van der Waals surface area contributed by atoms with Crippen LogP contribution in [0.3, 0.4) is 0 Å². The van der Waals surface area contributed by atoms with E-state index in [1.165, 1.54) is 18.2 Å². The molecule has 0 amide bonds. The molecule has 78 valence electrons. The predicted octanol–water partition coefficient (Wildman–Crippen LogP) is 2.26. The van der Waals surface area contributed by atoms with E-state index in [1.807, 2.05) is 6.07 Å². The first-order valence-electron chi connectivity index (χ1n) is 4.49. The molecule has 1 aliphatic rings. The molecule has 0 radical (unpaired) electrons. The molecule has 0 bridgehead atoms. The summed E-state index contributed by atoms with van der Waals surface area (Å²) < 4.78 is 24.3. The molecule has 3 nitrogen and oxygen atoms in total. The van der Waals surface area contributed by atoms with E-state index in [4.69, 9.17) is 5.26 Å². The Bertz CT molecular complexity index is 541. The molecule has 1 aromatic rings. The van der Waals surface area contributed by atoms with E-state index in [2.05, 4.69) is 15.9 Å². The topological polar surface area (TPSA) is 57.9 Å². The molecule has 1 saturated carbocycles. The molecule has 0 spiro atoms. The van der Waals surface area contributed by atoms with Crippen molar-refractivity contribution in [2.24, 2.45) is 0 Å². The fraction of sp³-hybridized carbons (Fsp3) is 0.300. The Morgan fingerprint density at radius 2 is 2.07 bits per heavy atom. The van der Waals surface area contributed by atoms with Crippen LogP contribution in [0.25, 0.3) is 0 Å². The zero-order valence-corrected chi connectivity index (χ0v) is 10.2. The first kappa shape index (κ1) is 10.7. The summed E-state index contributed by atoms with van der Waals surface area (Å²) in [7, 11) is -3.18. The monoisotopic (exact) mass is 285 g/mol. The van der Waals surface area contributed by atoms with Gasteiger partial charge in [-0.3, -0.25) is 0 Å². The minimum atomic E-state index is -3.18. The summed E-state index contributed by atoms with van der Waals surface area (Å²) in [5.41, 5.74) is 0.455. The molecule has 0 aliphatic heterocycles. The Balaban J connectivity index is 2.51. The van der Waals surface area contributed by atoms with Crippen LogP contribution in [0.1, 0.15) is 18.4 Å². The van der Waals surface area contributed by atoms with E-state index in [9.17, 15) is 8.42 Å². The Morgan fingerprint density at radius 1 is 1.40 bits per heavy atom. The van der Waals surface area contributed by atoms with Gasteiger partial charge in [0, 0.05) is 4.47 Å². The van der Waals surface area contributed by atoms with Crippen molar-refractivity contribution >= 4 is 25.8 Å². The summed E-state index contributed by atoms with van der Waals surface area (Å²) in [6.07, 6.45) is 1.49. The zero-order chi connectivity index (χ0) is 11.1. The lowest BCUT2D eigenvalue weighted by Gasteiger charge is -2.04. The van der Waals surface area contributed by atoms with Crippen LogP contribution in [0.4, 0.5) is 0 Å². The van der Waals surface area contributed by atoms with Gasteiger partial charge >= 0.3 is 0 Å². The number of hydrogen-bond acceptors (Lipinski definition) is 3. The van der Waals surface area contributed by atoms with Crippen molar-refractivity contribution in [2.45, 2.75) is 23.0 Å². The maximum absolute atomic E-state index is 11.9. The van der Waals surface area contributed by atoms with Gasteiger partial charge in [-0.15, -0.1) is 0 Å². The smallest absolute Gasteiger partial charge is 0.182 e. The number of nitrogens with zero attached hydrogens (tertiary/aromatic N) is 1. The van der Waals surface area contributed by atoms with E-state index >= 15 is 0 Å². The molecule has 1 aliphatic carbocycles. The average molecular weight is 286 g/mol. The minimum Gasteiger partial charge on any atom is -0.223 e. The standard InChI is InChI=1S/C10H8BrNO2S/c11-9-5-7(6-12)1-4-10(9)15(13,14)8-2-3-8/h1,4-5,8H,2-3H2. The van der Waals surface area contributed by atoms with Crippen LogP contribution in [0.15, 0.2) is 27.6 Å². The molecular formula is C10H8BrNO2S. The third-order valence-corrected chi connectivity index (χ3v) is 5.57. The summed E-state index contributed by atoms with van der Waals surface area (Å²) in [5.74, 6) is 0. The SMILES string of the molecule is N#Cc1ccc(S(=O)(=O)C2CC2)c(Br)c1. The highest BCUT2D eigenvalue weighted by atomic mass is 79.9. The van der Waals surface area contributed by atoms with Crippen molar-refractivity contribution in [2.75, 3.05) is 0 Å². The summed E-state index contributed by atoms with van der Waals surface area (Å²) >= 11 is 3.19. The van der Waals surface area contributed by atoms with Gasteiger partial charge in [-0.1, -0.05) is 0 Å². The second-order valence-electron chi connectivity index (χ2n) is 3.50. The molecule has 0 heterocycles. The number of sulfone groups is 1. The van der Waals surface area contributed by atoms with Gasteiger partial charge in [0.2, 0.25) is 0 Å². The molecule has 0 unspecified atom stereocenters. The zero-order valence-electron chi connectivity index (χ0n) is 7.77. The van der Waals surface area contributed by atoms with Crippen molar-refractivity contribution in [3.05, 3.63) is 28.2 Å². The minimum absolute atomic E-state index is 0.221. The maximum atomic E-state index is 11.9. The van der Waals surface area contributed by atoms with Crippen LogP contribution in [0.5, 0.6) is 0 Å². The van der Waals surface area contributed by atoms with E-state index in [0.29, 0.717) is 14.9 Å². The highest BCUT2D eigenvalue weighted by molar-refractivity contribution is 9.10. The van der Waals surface area contributed by atoms with Crippen LogP contribution in [0.2, 0.25) is 0 Å². The lowest BCUT2D eigenvalue weighted by molar-refractivity contribution is 0.594. The molecule has 0 aromatic heterocycles. The molecule has 5 heteroatoms. The number of benzene rings is 1. The van der Waals surface area contributed by atoms with Crippen LogP contribution in [-0.2, 0) is 9.84 Å².